The zero-order valence-electron chi connectivity index (χ0n) is 18.5. The van der Waals surface area contributed by atoms with Crippen LogP contribution in [-0.4, -0.2) is 46.7 Å². The van der Waals surface area contributed by atoms with E-state index in [9.17, 15) is 23.1 Å². The molecule has 1 amide bonds. The number of carboxylic acids is 1. The summed E-state index contributed by atoms with van der Waals surface area (Å²) >= 11 is 0. The van der Waals surface area contributed by atoms with Crippen LogP contribution >= 0.6 is 0 Å². The second kappa shape index (κ2) is 10.1. The third-order valence-electron chi connectivity index (χ3n) is 4.77. The molecule has 0 heterocycles. The number of ether oxygens (including phenoxy) is 3. The number of para-hydroxylation sites is 1. The zero-order valence-corrected chi connectivity index (χ0v) is 19.3. The highest BCUT2D eigenvalue weighted by Crippen LogP contribution is 2.31. The molecule has 0 saturated heterocycles. The molecule has 3 aromatic carbocycles. The minimum Gasteiger partial charge on any atom is -0.497 e. The Bertz CT molecular complexity index is 1340. The molecule has 0 aliphatic rings. The Balaban J connectivity index is 1.95. The fraction of sp³-hybridized carbons (Fsp3) is 0.130. The van der Waals surface area contributed by atoms with Gasteiger partial charge in [-0.15, -0.1) is 0 Å². The van der Waals surface area contributed by atoms with Gasteiger partial charge in [0.05, 0.1) is 43.8 Å². The molecule has 10 nitrogen and oxygen atoms in total. The second-order valence-electron chi connectivity index (χ2n) is 6.84. The number of methoxy groups -OCH3 is 3. The molecular weight excluding hydrogens is 464 g/mol. The fourth-order valence-electron chi connectivity index (χ4n) is 3.08. The van der Waals surface area contributed by atoms with Gasteiger partial charge in [-0.2, -0.15) is 0 Å². The Kier molecular flexibility index (Phi) is 7.27. The van der Waals surface area contributed by atoms with Crippen molar-refractivity contribution in [2.24, 2.45) is 0 Å². The summed E-state index contributed by atoms with van der Waals surface area (Å²) in [6, 6.07) is 14.2. The average Bonchev–Trinajstić information content (AvgIpc) is 2.83. The monoisotopic (exact) mass is 486 g/mol. The van der Waals surface area contributed by atoms with Crippen LogP contribution in [0.4, 0.5) is 11.4 Å². The van der Waals surface area contributed by atoms with Crippen molar-refractivity contribution in [2.45, 2.75) is 4.90 Å². The molecule has 3 N–H and O–H groups in total. The molecule has 0 unspecified atom stereocenters. The summed E-state index contributed by atoms with van der Waals surface area (Å²) in [4.78, 5) is 23.9. The predicted octanol–water partition coefficient (Wildman–Crippen LogP) is 3.46. The number of carbonyl (C=O) groups is 2. The van der Waals surface area contributed by atoms with E-state index in [1.807, 2.05) is 0 Å². The lowest BCUT2D eigenvalue weighted by atomic mass is 10.1. The summed E-state index contributed by atoms with van der Waals surface area (Å²) in [5.74, 6) is -1.08. The molecule has 0 fully saturated rings. The van der Waals surface area contributed by atoms with Gasteiger partial charge in [0.25, 0.3) is 15.9 Å². The molecule has 0 aromatic heterocycles. The molecule has 0 aliphatic carbocycles. The lowest BCUT2D eigenvalue weighted by Gasteiger charge is -2.16. The van der Waals surface area contributed by atoms with Crippen molar-refractivity contribution in [3.05, 3.63) is 71.8 Å². The minimum atomic E-state index is -4.32. The number of hydrogen-bond donors (Lipinski definition) is 3. The van der Waals surface area contributed by atoms with Gasteiger partial charge >= 0.3 is 5.97 Å². The molecule has 0 radical (unpaired) electrons. The highest BCUT2D eigenvalue weighted by atomic mass is 32.2. The average molecular weight is 487 g/mol. The van der Waals surface area contributed by atoms with E-state index >= 15 is 0 Å². The van der Waals surface area contributed by atoms with E-state index in [1.165, 1.54) is 45.6 Å². The van der Waals surface area contributed by atoms with Crippen LogP contribution in [0, 0.1) is 0 Å². The molecule has 0 bridgehead atoms. The molecular formula is C23H22N2O8S. The number of hydrogen-bond acceptors (Lipinski definition) is 7. The smallest absolute Gasteiger partial charge is 0.335 e. The summed E-state index contributed by atoms with van der Waals surface area (Å²) in [5.41, 5.74) is 0.119. The van der Waals surface area contributed by atoms with Crippen molar-refractivity contribution in [2.75, 3.05) is 31.4 Å². The zero-order chi connectivity index (χ0) is 24.9. The number of nitrogens with one attached hydrogen (secondary N) is 2. The van der Waals surface area contributed by atoms with Gasteiger partial charge in [-0.3, -0.25) is 9.52 Å². The Morgan fingerprint density at radius 1 is 0.824 bits per heavy atom. The first-order valence-corrected chi connectivity index (χ1v) is 11.2. The first-order chi connectivity index (χ1) is 16.2. The SMILES string of the molecule is COc1ccc(NC(=O)c2ccccc2NS(=O)(=O)c2cc(C(=O)O)ccc2OC)c(OC)c1. The lowest BCUT2D eigenvalue weighted by Crippen LogP contribution is -2.19. The maximum absolute atomic E-state index is 13.1. The highest BCUT2D eigenvalue weighted by Gasteiger charge is 2.24. The van der Waals surface area contributed by atoms with E-state index in [1.54, 1.807) is 30.3 Å². The van der Waals surface area contributed by atoms with E-state index in [-0.39, 0.29) is 27.5 Å². The van der Waals surface area contributed by atoms with Gasteiger partial charge in [0, 0.05) is 6.07 Å². The summed E-state index contributed by atoms with van der Waals surface area (Å²) in [6.07, 6.45) is 0. The van der Waals surface area contributed by atoms with Crippen molar-refractivity contribution in [3.63, 3.8) is 0 Å². The molecule has 3 aromatic rings. The van der Waals surface area contributed by atoms with Crippen LogP contribution in [-0.2, 0) is 10.0 Å². The molecule has 0 aliphatic heterocycles. The van der Waals surface area contributed by atoms with Crippen LogP contribution in [0.5, 0.6) is 17.2 Å². The molecule has 0 atom stereocenters. The maximum atomic E-state index is 13.1. The fourth-order valence-corrected chi connectivity index (χ4v) is 4.36. The lowest BCUT2D eigenvalue weighted by molar-refractivity contribution is 0.0696. The number of carboxylic acid groups (broad SMARTS) is 1. The third kappa shape index (κ3) is 5.21. The van der Waals surface area contributed by atoms with Gasteiger partial charge < -0.3 is 24.6 Å². The summed E-state index contributed by atoms with van der Waals surface area (Å²) < 4.78 is 44.1. The highest BCUT2D eigenvalue weighted by molar-refractivity contribution is 7.92. The number of aromatic carboxylic acids is 1. The summed E-state index contributed by atoms with van der Waals surface area (Å²) in [6.45, 7) is 0. The minimum absolute atomic E-state index is 0.0183. The van der Waals surface area contributed by atoms with Crippen molar-refractivity contribution in [3.8, 4) is 17.2 Å². The molecule has 178 valence electrons. The third-order valence-corrected chi connectivity index (χ3v) is 6.16. The van der Waals surface area contributed by atoms with Gasteiger partial charge in [-0.05, 0) is 42.5 Å². The predicted molar refractivity (Wildman–Crippen MR) is 125 cm³/mol. The van der Waals surface area contributed by atoms with Crippen molar-refractivity contribution in [1.29, 1.82) is 0 Å². The van der Waals surface area contributed by atoms with Crippen molar-refractivity contribution >= 4 is 33.3 Å². The largest absolute Gasteiger partial charge is 0.497 e. The first-order valence-electron chi connectivity index (χ1n) is 9.76. The summed E-state index contributed by atoms with van der Waals surface area (Å²) in [5, 5.41) is 11.9. The van der Waals surface area contributed by atoms with E-state index < -0.39 is 21.9 Å². The number of benzene rings is 3. The Labute approximate surface area is 196 Å². The normalized spacial score (nSPS) is 10.8. The quantitative estimate of drug-likeness (QED) is 0.418. The Morgan fingerprint density at radius 3 is 2.18 bits per heavy atom. The Morgan fingerprint density at radius 2 is 1.53 bits per heavy atom. The van der Waals surface area contributed by atoms with Gasteiger partial charge in [0.2, 0.25) is 0 Å². The molecule has 34 heavy (non-hydrogen) atoms. The maximum Gasteiger partial charge on any atom is 0.335 e. The molecule has 0 spiro atoms. The van der Waals surface area contributed by atoms with Gasteiger partial charge in [0.15, 0.2) is 0 Å². The number of rotatable bonds is 9. The van der Waals surface area contributed by atoms with E-state index in [0.29, 0.717) is 17.2 Å². The first kappa shape index (κ1) is 24.4. The van der Waals surface area contributed by atoms with Crippen LogP contribution in [0.25, 0.3) is 0 Å². The Hall–Kier alpha value is -4.25. The molecule has 11 heteroatoms. The van der Waals surface area contributed by atoms with Crippen molar-refractivity contribution in [1.82, 2.24) is 0 Å². The van der Waals surface area contributed by atoms with Crippen LogP contribution in [0.15, 0.2) is 65.6 Å². The van der Waals surface area contributed by atoms with E-state index in [4.69, 9.17) is 14.2 Å². The number of anilines is 2. The van der Waals surface area contributed by atoms with E-state index in [2.05, 4.69) is 10.0 Å². The van der Waals surface area contributed by atoms with Gasteiger partial charge in [-0.1, -0.05) is 12.1 Å². The van der Waals surface area contributed by atoms with Crippen LogP contribution in [0.2, 0.25) is 0 Å². The van der Waals surface area contributed by atoms with Gasteiger partial charge in [0.1, 0.15) is 22.1 Å². The number of sulfonamides is 1. The summed E-state index contributed by atoms with van der Waals surface area (Å²) in [7, 11) is -0.128. The number of amides is 1. The van der Waals surface area contributed by atoms with Gasteiger partial charge in [-0.25, -0.2) is 13.2 Å². The topological polar surface area (TPSA) is 140 Å². The van der Waals surface area contributed by atoms with Crippen molar-refractivity contribution < 1.29 is 37.3 Å². The van der Waals surface area contributed by atoms with E-state index in [0.717, 1.165) is 6.07 Å². The van der Waals surface area contributed by atoms with Crippen LogP contribution in [0.3, 0.4) is 0 Å². The second-order valence-corrected chi connectivity index (χ2v) is 8.49. The molecule has 3 rings (SSSR count). The standard InChI is InChI=1S/C23H22N2O8S/c1-31-15-9-10-18(20(13-15)33-3)24-22(26)16-6-4-5-7-17(16)25-34(29,30)21-12-14(23(27)28)8-11-19(21)32-2/h4-13,25H,1-3H3,(H,24,26)(H,27,28). The van der Waals surface area contributed by atoms with Crippen LogP contribution < -0.4 is 24.2 Å². The molecule has 0 saturated carbocycles. The van der Waals surface area contributed by atoms with Crippen LogP contribution in [0.1, 0.15) is 20.7 Å². The number of carbonyl (C=O) groups excluding carboxylic acids is 1.